The molecule has 0 saturated heterocycles. The predicted octanol–water partition coefficient (Wildman–Crippen LogP) is 4.34. The lowest BCUT2D eigenvalue weighted by atomic mass is 9.82. The van der Waals surface area contributed by atoms with Crippen LogP contribution in [0.25, 0.3) is 11.3 Å². The van der Waals surface area contributed by atoms with Crippen molar-refractivity contribution in [2.75, 3.05) is 5.32 Å². The first-order chi connectivity index (χ1) is 12.4. The third-order valence-electron chi connectivity index (χ3n) is 4.76. The van der Waals surface area contributed by atoms with Crippen LogP contribution in [0.5, 0.6) is 0 Å². The minimum absolute atomic E-state index is 0.275. The smallest absolute Gasteiger partial charge is 0.307 e. The number of benzene rings is 1. The fraction of sp³-hybridized carbons (Fsp3) is 0.350. The Morgan fingerprint density at radius 2 is 1.85 bits per heavy atom. The Kier molecular flexibility index (Phi) is 5.23. The molecule has 2 atom stereocenters. The Morgan fingerprint density at radius 1 is 1.15 bits per heavy atom. The summed E-state index contributed by atoms with van der Waals surface area (Å²) in [6.07, 6.45) is 4.53. The lowest BCUT2D eigenvalue weighted by Crippen LogP contribution is -2.34. The molecule has 6 heteroatoms. The van der Waals surface area contributed by atoms with Crippen molar-refractivity contribution in [1.29, 1.82) is 0 Å². The Bertz CT molecular complexity index is 885. The number of nitrogens with one attached hydrogen (secondary N) is 1. The molecule has 5 nitrogen and oxygen atoms in total. The van der Waals surface area contributed by atoms with Crippen LogP contribution in [0.1, 0.15) is 28.8 Å². The summed E-state index contributed by atoms with van der Waals surface area (Å²) in [5, 5.41) is 12.7. The maximum absolute atomic E-state index is 12.6. The number of amides is 1. The zero-order valence-electron chi connectivity index (χ0n) is 15.1. The third-order valence-corrected chi connectivity index (χ3v) is 5.65. The van der Waals surface area contributed by atoms with Crippen molar-refractivity contribution in [2.45, 2.75) is 33.6 Å². The van der Waals surface area contributed by atoms with Gasteiger partial charge in [-0.1, -0.05) is 29.8 Å². The molecule has 0 radical (unpaired) electrons. The highest BCUT2D eigenvalue weighted by molar-refractivity contribution is 7.16. The van der Waals surface area contributed by atoms with E-state index in [2.05, 4.69) is 28.5 Å². The number of allylic oxidation sites excluding steroid dienone is 2. The number of anilines is 1. The maximum Gasteiger partial charge on any atom is 0.307 e. The maximum atomic E-state index is 12.6. The molecule has 0 aliphatic heterocycles. The van der Waals surface area contributed by atoms with E-state index in [4.69, 9.17) is 0 Å². The van der Waals surface area contributed by atoms with E-state index >= 15 is 0 Å². The lowest BCUT2D eigenvalue weighted by Gasteiger charge is -2.23. The third kappa shape index (κ3) is 3.70. The molecule has 1 aromatic heterocycles. The van der Waals surface area contributed by atoms with Gasteiger partial charge < -0.3 is 10.4 Å². The van der Waals surface area contributed by atoms with Gasteiger partial charge in [0, 0.05) is 10.4 Å². The zero-order chi connectivity index (χ0) is 18.8. The molecule has 1 aliphatic rings. The largest absolute Gasteiger partial charge is 0.481 e. The van der Waals surface area contributed by atoms with Crippen LogP contribution in [0.4, 0.5) is 5.13 Å². The number of carboxylic acids is 1. The molecule has 2 N–H and O–H groups in total. The van der Waals surface area contributed by atoms with Crippen molar-refractivity contribution in [3.05, 3.63) is 46.4 Å². The van der Waals surface area contributed by atoms with Crippen LogP contribution in [0.3, 0.4) is 0 Å². The SMILES string of the molecule is Cc1ccc(C)c(-c2nc(NC(=O)C3CC=CCC3C(=O)O)sc2C)c1. The number of aryl methyl sites for hydroxylation is 3. The quantitative estimate of drug-likeness (QED) is 0.785. The molecule has 0 saturated carbocycles. The van der Waals surface area contributed by atoms with E-state index in [1.165, 1.54) is 11.3 Å². The first-order valence-electron chi connectivity index (χ1n) is 8.60. The van der Waals surface area contributed by atoms with E-state index in [9.17, 15) is 14.7 Å². The molecule has 136 valence electrons. The lowest BCUT2D eigenvalue weighted by molar-refractivity contribution is -0.146. The van der Waals surface area contributed by atoms with E-state index < -0.39 is 17.8 Å². The Balaban J connectivity index is 1.83. The molecular formula is C20H22N2O3S. The second-order valence-corrected chi connectivity index (χ2v) is 7.93. The van der Waals surface area contributed by atoms with Crippen LogP contribution in [0, 0.1) is 32.6 Å². The first-order valence-corrected chi connectivity index (χ1v) is 9.42. The second kappa shape index (κ2) is 7.41. The van der Waals surface area contributed by atoms with Crippen molar-refractivity contribution in [1.82, 2.24) is 4.98 Å². The molecule has 1 aliphatic carbocycles. The Morgan fingerprint density at radius 3 is 2.54 bits per heavy atom. The number of hydrogen-bond donors (Lipinski definition) is 2. The minimum atomic E-state index is -0.930. The second-order valence-electron chi connectivity index (χ2n) is 6.73. The average Bonchev–Trinajstić information content (AvgIpc) is 2.97. The predicted molar refractivity (Wildman–Crippen MR) is 103 cm³/mol. The van der Waals surface area contributed by atoms with Crippen molar-refractivity contribution in [2.24, 2.45) is 11.8 Å². The van der Waals surface area contributed by atoms with Crippen LogP contribution in [0.2, 0.25) is 0 Å². The van der Waals surface area contributed by atoms with Gasteiger partial charge in [-0.25, -0.2) is 4.98 Å². The fourth-order valence-corrected chi connectivity index (χ4v) is 4.10. The summed E-state index contributed by atoms with van der Waals surface area (Å²) in [5.41, 5.74) is 4.21. The van der Waals surface area contributed by atoms with Crippen LogP contribution >= 0.6 is 11.3 Å². The topological polar surface area (TPSA) is 79.3 Å². The normalized spacial score (nSPS) is 19.3. The molecule has 2 aromatic rings. The Labute approximate surface area is 156 Å². The molecule has 26 heavy (non-hydrogen) atoms. The van der Waals surface area contributed by atoms with Gasteiger partial charge in [-0.05, 0) is 45.2 Å². The molecule has 0 fully saturated rings. The summed E-state index contributed by atoms with van der Waals surface area (Å²) >= 11 is 1.42. The molecule has 0 spiro atoms. The van der Waals surface area contributed by atoms with Crippen LogP contribution in [-0.4, -0.2) is 22.0 Å². The molecule has 1 aromatic carbocycles. The number of carbonyl (C=O) groups is 2. The van der Waals surface area contributed by atoms with Crippen molar-refractivity contribution >= 4 is 28.3 Å². The molecule has 1 amide bonds. The summed E-state index contributed by atoms with van der Waals surface area (Å²) in [5.74, 6) is -2.45. The van der Waals surface area contributed by atoms with E-state index in [1.54, 1.807) is 0 Å². The molecule has 2 unspecified atom stereocenters. The van der Waals surface area contributed by atoms with Gasteiger partial charge in [0.25, 0.3) is 0 Å². The number of hydrogen-bond acceptors (Lipinski definition) is 4. The van der Waals surface area contributed by atoms with Gasteiger partial charge in [-0.15, -0.1) is 11.3 Å². The van der Waals surface area contributed by atoms with Crippen molar-refractivity contribution in [3.63, 3.8) is 0 Å². The van der Waals surface area contributed by atoms with Gasteiger partial charge in [0.2, 0.25) is 5.91 Å². The van der Waals surface area contributed by atoms with Gasteiger partial charge in [0.1, 0.15) is 0 Å². The molecule has 0 bridgehead atoms. The molecular weight excluding hydrogens is 348 g/mol. The van der Waals surface area contributed by atoms with Gasteiger partial charge >= 0.3 is 5.97 Å². The molecule has 3 rings (SSSR count). The number of nitrogens with zero attached hydrogens (tertiary/aromatic N) is 1. The average molecular weight is 370 g/mol. The van der Waals surface area contributed by atoms with Gasteiger partial charge in [-0.2, -0.15) is 0 Å². The highest BCUT2D eigenvalue weighted by Crippen LogP contribution is 2.34. The van der Waals surface area contributed by atoms with Crippen molar-refractivity contribution in [3.8, 4) is 11.3 Å². The fourth-order valence-electron chi connectivity index (χ4n) is 3.27. The summed E-state index contributed by atoms with van der Waals surface area (Å²) in [6.45, 7) is 6.06. The number of thiazole rings is 1. The van der Waals surface area contributed by atoms with E-state index in [0.29, 0.717) is 18.0 Å². The van der Waals surface area contributed by atoms with Gasteiger partial charge in [0.05, 0.1) is 17.5 Å². The zero-order valence-corrected chi connectivity index (χ0v) is 15.9. The van der Waals surface area contributed by atoms with E-state index in [-0.39, 0.29) is 5.91 Å². The molecule has 1 heterocycles. The number of carboxylic acid groups (broad SMARTS) is 1. The number of aliphatic carboxylic acids is 1. The number of carbonyl (C=O) groups excluding carboxylic acids is 1. The monoisotopic (exact) mass is 370 g/mol. The van der Waals surface area contributed by atoms with E-state index in [0.717, 1.165) is 27.3 Å². The Hall–Kier alpha value is -2.47. The summed E-state index contributed by atoms with van der Waals surface area (Å²) in [6, 6.07) is 6.22. The summed E-state index contributed by atoms with van der Waals surface area (Å²) in [4.78, 5) is 29.7. The summed E-state index contributed by atoms with van der Waals surface area (Å²) in [7, 11) is 0. The highest BCUT2D eigenvalue weighted by atomic mass is 32.1. The highest BCUT2D eigenvalue weighted by Gasteiger charge is 2.34. The number of aromatic nitrogens is 1. The minimum Gasteiger partial charge on any atom is -0.481 e. The summed E-state index contributed by atoms with van der Waals surface area (Å²) < 4.78 is 0. The van der Waals surface area contributed by atoms with Crippen LogP contribution in [-0.2, 0) is 9.59 Å². The van der Waals surface area contributed by atoms with Crippen LogP contribution in [0.15, 0.2) is 30.4 Å². The first kappa shape index (κ1) is 18.3. The van der Waals surface area contributed by atoms with Gasteiger partial charge in [0.15, 0.2) is 5.13 Å². The van der Waals surface area contributed by atoms with Crippen molar-refractivity contribution < 1.29 is 14.7 Å². The standard InChI is InChI=1S/C20H22N2O3S/c1-11-8-9-12(2)16(10-11)17-13(3)26-20(21-17)22-18(23)14-6-4-5-7-15(14)19(24)25/h4-5,8-10,14-15H,6-7H2,1-3H3,(H,24,25)(H,21,22,23). The van der Waals surface area contributed by atoms with Crippen LogP contribution < -0.4 is 5.32 Å². The number of rotatable bonds is 4. The van der Waals surface area contributed by atoms with Gasteiger partial charge in [-0.3, -0.25) is 9.59 Å². The van der Waals surface area contributed by atoms with E-state index in [1.807, 2.05) is 32.9 Å².